The van der Waals surface area contributed by atoms with E-state index in [1.165, 1.54) is 18.6 Å². The smallest absolute Gasteiger partial charge is 0.343 e. The fraction of sp³-hybridized carbons (Fsp3) is 0. The maximum atomic E-state index is 12.3. The summed E-state index contributed by atoms with van der Waals surface area (Å²) >= 11 is 3.37. The van der Waals surface area contributed by atoms with Crippen LogP contribution in [-0.2, 0) is 0 Å². The summed E-state index contributed by atoms with van der Waals surface area (Å²) in [6.07, 6.45) is 4.46. The van der Waals surface area contributed by atoms with Crippen molar-refractivity contribution >= 4 is 34.0 Å². The number of carbonyl (C=O) groups is 2. The first-order valence-electron chi connectivity index (χ1n) is 7.94. The van der Waals surface area contributed by atoms with Crippen LogP contribution in [0.5, 0.6) is 5.75 Å². The monoisotopic (exact) mass is 423 g/mol. The number of aromatic nitrogens is 1. The molecule has 0 bridgehead atoms. The topological polar surface area (TPSA) is 80.6 Å². The number of benzene rings is 2. The van der Waals surface area contributed by atoms with E-state index in [2.05, 4.69) is 31.4 Å². The van der Waals surface area contributed by atoms with Gasteiger partial charge in [-0.2, -0.15) is 5.10 Å². The van der Waals surface area contributed by atoms with Crippen molar-refractivity contribution in [2.24, 2.45) is 5.10 Å². The fourth-order valence-electron chi connectivity index (χ4n) is 2.17. The Morgan fingerprint density at radius 1 is 1.00 bits per heavy atom. The van der Waals surface area contributed by atoms with Crippen LogP contribution in [0.15, 0.2) is 82.6 Å². The summed E-state index contributed by atoms with van der Waals surface area (Å²) < 4.78 is 6.24. The normalized spacial score (nSPS) is 10.6. The molecule has 1 heterocycles. The summed E-state index contributed by atoms with van der Waals surface area (Å²) in [6, 6.07) is 17.0. The van der Waals surface area contributed by atoms with Gasteiger partial charge >= 0.3 is 5.97 Å². The van der Waals surface area contributed by atoms with E-state index < -0.39 is 5.97 Å². The average molecular weight is 424 g/mol. The Labute approximate surface area is 164 Å². The first kappa shape index (κ1) is 18.5. The molecule has 0 radical (unpaired) electrons. The molecule has 1 N–H and O–H groups in total. The molecule has 2 aromatic carbocycles. The number of pyridine rings is 1. The summed E-state index contributed by atoms with van der Waals surface area (Å²) in [6.45, 7) is 0. The van der Waals surface area contributed by atoms with Gasteiger partial charge in [0.1, 0.15) is 5.75 Å². The van der Waals surface area contributed by atoms with Gasteiger partial charge in [-0.05, 0) is 42.5 Å². The predicted molar refractivity (Wildman–Crippen MR) is 105 cm³/mol. The number of rotatable bonds is 5. The highest BCUT2D eigenvalue weighted by molar-refractivity contribution is 9.10. The number of nitrogens with one attached hydrogen (secondary N) is 1. The fourth-order valence-corrected chi connectivity index (χ4v) is 2.55. The average Bonchev–Trinajstić information content (AvgIpc) is 2.71. The Balaban J connectivity index is 1.74. The summed E-state index contributed by atoms with van der Waals surface area (Å²) in [7, 11) is 0. The molecule has 1 amide bonds. The standard InChI is InChI=1S/C20H14BrN3O3/c21-17-6-7-18(27-20(26)15-4-2-1-3-5-15)16(12-17)13-23-24-19(25)14-8-10-22-11-9-14/h1-13H,(H,24,25). The minimum absolute atomic E-state index is 0.328. The summed E-state index contributed by atoms with van der Waals surface area (Å²) in [4.78, 5) is 28.1. The molecule has 0 fully saturated rings. The van der Waals surface area contributed by atoms with Gasteiger partial charge in [-0.3, -0.25) is 9.78 Å². The molecule has 3 aromatic rings. The lowest BCUT2D eigenvalue weighted by Gasteiger charge is -2.08. The van der Waals surface area contributed by atoms with E-state index in [0.717, 1.165) is 4.47 Å². The largest absolute Gasteiger partial charge is 0.422 e. The molecule has 3 rings (SSSR count). The van der Waals surface area contributed by atoms with Crippen LogP contribution in [0.2, 0.25) is 0 Å². The lowest BCUT2D eigenvalue weighted by molar-refractivity contribution is 0.0734. The third-order valence-corrected chi connectivity index (χ3v) is 3.99. The number of hydrogen-bond acceptors (Lipinski definition) is 5. The number of amides is 1. The highest BCUT2D eigenvalue weighted by Gasteiger charge is 2.11. The predicted octanol–water partition coefficient (Wildman–Crippen LogP) is 3.83. The van der Waals surface area contributed by atoms with Gasteiger partial charge < -0.3 is 4.74 Å². The Bertz CT molecular complexity index is 976. The zero-order valence-corrected chi connectivity index (χ0v) is 15.6. The lowest BCUT2D eigenvalue weighted by Crippen LogP contribution is -2.17. The second-order valence-corrected chi connectivity index (χ2v) is 6.29. The maximum Gasteiger partial charge on any atom is 0.343 e. The quantitative estimate of drug-likeness (QED) is 0.292. The van der Waals surface area contributed by atoms with Gasteiger partial charge in [0.2, 0.25) is 0 Å². The molecule has 0 spiro atoms. The van der Waals surface area contributed by atoms with E-state index in [1.807, 2.05) is 6.07 Å². The Kier molecular flexibility index (Phi) is 6.06. The number of hydrazone groups is 1. The molecule has 1 aromatic heterocycles. The van der Waals surface area contributed by atoms with E-state index in [-0.39, 0.29) is 5.91 Å². The molecule has 0 saturated heterocycles. The van der Waals surface area contributed by atoms with Crippen molar-refractivity contribution in [3.63, 3.8) is 0 Å². The summed E-state index contributed by atoms with van der Waals surface area (Å²) in [5.74, 6) is -0.520. The van der Waals surface area contributed by atoms with Crippen molar-refractivity contribution in [3.05, 3.63) is 94.2 Å². The first-order chi connectivity index (χ1) is 13.1. The number of carbonyl (C=O) groups excluding carboxylic acids is 2. The van der Waals surface area contributed by atoms with E-state index in [0.29, 0.717) is 22.4 Å². The number of hydrogen-bond donors (Lipinski definition) is 1. The van der Waals surface area contributed by atoms with E-state index in [9.17, 15) is 9.59 Å². The summed E-state index contributed by atoms with van der Waals surface area (Å²) in [5.41, 5.74) is 3.83. The molecule has 27 heavy (non-hydrogen) atoms. The molecule has 134 valence electrons. The molecule has 7 heteroatoms. The van der Waals surface area contributed by atoms with Gasteiger partial charge in [0.05, 0.1) is 11.8 Å². The molecule has 0 aliphatic heterocycles. The molecule has 0 atom stereocenters. The minimum atomic E-state index is -0.478. The number of ether oxygens (including phenoxy) is 1. The maximum absolute atomic E-state index is 12.3. The lowest BCUT2D eigenvalue weighted by atomic mass is 10.2. The van der Waals surface area contributed by atoms with Crippen LogP contribution in [0.25, 0.3) is 0 Å². The van der Waals surface area contributed by atoms with Gasteiger partial charge in [-0.15, -0.1) is 0 Å². The van der Waals surface area contributed by atoms with E-state index in [4.69, 9.17) is 4.74 Å². The van der Waals surface area contributed by atoms with Gasteiger partial charge in [0.25, 0.3) is 5.91 Å². The van der Waals surface area contributed by atoms with E-state index >= 15 is 0 Å². The molecule has 0 aliphatic carbocycles. The Hall–Kier alpha value is -3.32. The Morgan fingerprint density at radius 2 is 1.74 bits per heavy atom. The minimum Gasteiger partial charge on any atom is -0.422 e. The zero-order valence-electron chi connectivity index (χ0n) is 14.0. The van der Waals surface area contributed by atoms with Crippen LogP contribution in [0.3, 0.4) is 0 Å². The van der Waals surface area contributed by atoms with Crippen LogP contribution in [0.1, 0.15) is 26.3 Å². The molecule has 0 saturated carbocycles. The van der Waals surface area contributed by atoms with E-state index in [1.54, 1.807) is 54.6 Å². The molecule has 0 unspecified atom stereocenters. The van der Waals surface area contributed by atoms with Crippen LogP contribution >= 0.6 is 15.9 Å². The zero-order chi connectivity index (χ0) is 19.1. The van der Waals surface area contributed by atoms with Crippen molar-refractivity contribution in [1.82, 2.24) is 10.4 Å². The van der Waals surface area contributed by atoms with Crippen LogP contribution in [0, 0.1) is 0 Å². The van der Waals surface area contributed by atoms with Gasteiger partial charge in [0.15, 0.2) is 0 Å². The van der Waals surface area contributed by atoms with Crippen molar-refractivity contribution in [2.75, 3.05) is 0 Å². The van der Waals surface area contributed by atoms with Crippen molar-refractivity contribution < 1.29 is 14.3 Å². The molecule has 0 aliphatic rings. The number of esters is 1. The number of nitrogens with zero attached hydrogens (tertiary/aromatic N) is 2. The molecular formula is C20H14BrN3O3. The molecular weight excluding hydrogens is 410 g/mol. The third-order valence-electron chi connectivity index (χ3n) is 3.50. The van der Waals surface area contributed by atoms with Gasteiger partial charge in [-0.25, -0.2) is 10.2 Å². The van der Waals surface area contributed by atoms with Crippen LogP contribution in [-0.4, -0.2) is 23.1 Å². The Morgan fingerprint density at radius 3 is 2.48 bits per heavy atom. The first-order valence-corrected chi connectivity index (χ1v) is 8.73. The van der Waals surface area contributed by atoms with Crippen molar-refractivity contribution in [1.29, 1.82) is 0 Å². The third kappa shape index (κ3) is 5.08. The molecule has 6 nitrogen and oxygen atoms in total. The van der Waals surface area contributed by atoms with Gasteiger partial charge in [0, 0.05) is 28.0 Å². The second-order valence-electron chi connectivity index (χ2n) is 5.37. The second kappa shape index (κ2) is 8.86. The van der Waals surface area contributed by atoms with Gasteiger partial charge in [-0.1, -0.05) is 34.1 Å². The van der Waals surface area contributed by atoms with Crippen molar-refractivity contribution in [2.45, 2.75) is 0 Å². The number of halogens is 1. The van der Waals surface area contributed by atoms with Crippen LogP contribution < -0.4 is 10.2 Å². The SMILES string of the molecule is O=C(NN=Cc1cc(Br)ccc1OC(=O)c1ccccc1)c1ccncc1. The van der Waals surface area contributed by atoms with Crippen molar-refractivity contribution in [3.8, 4) is 5.75 Å². The van der Waals surface area contributed by atoms with Crippen LogP contribution in [0.4, 0.5) is 0 Å². The highest BCUT2D eigenvalue weighted by atomic mass is 79.9. The highest BCUT2D eigenvalue weighted by Crippen LogP contribution is 2.23. The summed E-state index contributed by atoms with van der Waals surface area (Å²) in [5, 5.41) is 3.94.